The average Bonchev–Trinajstić information content (AvgIpc) is 2.48. The molecule has 24 heavy (non-hydrogen) atoms. The molecule has 1 saturated carbocycles. The largest absolute Gasteiger partial charge is 0.444 e. The van der Waals surface area contributed by atoms with Gasteiger partial charge in [-0.3, -0.25) is 0 Å². The van der Waals surface area contributed by atoms with Crippen LogP contribution >= 0.6 is 23.2 Å². The molecule has 1 aromatic rings. The summed E-state index contributed by atoms with van der Waals surface area (Å²) in [6, 6.07) is 5.69. The molecule has 0 aliphatic heterocycles. The maximum atomic E-state index is 12.8. The van der Waals surface area contributed by atoms with Crippen molar-refractivity contribution in [2.75, 3.05) is 7.05 Å². The van der Waals surface area contributed by atoms with Crippen LogP contribution in [0.4, 0.5) is 4.79 Å². The summed E-state index contributed by atoms with van der Waals surface area (Å²) < 4.78 is 5.63. The second-order valence-electron chi connectivity index (χ2n) is 7.74. The van der Waals surface area contributed by atoms with Crippen LogP contribution in [0, 0.1) is 5.92 Å². The lowest BCUT2D eigenvalue weighted by molar-refractivity contribution is -0.0222. The van der Waals surface area contributed by atoms with Crippen molar-refractivity contribution in [1.82, 2.24) is 4.90 Å². The van der Waals surface area contributed by atoms with E-state index in [4.69, 9.17) is 27.9 Å². The Morgan fingerprint density at radius 3 is 2.46 bits per heavy atom. The van der Waals surface area contributed by atoms with Crippen LogP contribution < -0.4 is 0 Å². The summed E-state index contributed by atoms with van der Waals surface area (Å²) in [6.07, 6.45) is 3.89. The molecule has 0 N–H and O–H groups in total. The number of halogens is 2. The Kier molecular flexibility index (Phi) is 5.76. The van der Waals surface area contributed by atoms with E-state index in [-0.39, 0.29) is 6.09 Å². The molecule has 2 atom stereocenters. The Labute approximate surface area is 155 Å². The molecule has 0 saturated heterocycles. The van der Waals surface area contributed by atoms with E-state index in [1.807, 2.05) is 46.0 Å². The van der Waals surface area contributed by atoms with Crippen LogP contribution in [0.5, 0.6) is 0 Å². The maximum Gasteiger partial charge on any atom is 0.410 e. The molecule has 1 aromatic carbocycles. The highest BCUT2D eigenvalue weighted by Crippen LogP contribution is 2.47. The van der Waals surface area contributed by atoms with Gasteiger partial charge in [-0.1, -0.05) is 49.0 Å². The molecule has 0 radical (unpaired) electrons. The van der Waals surface area contributed by atoms with Gasteiger partial charge < -0.3 is 9.64 Å². The predicted molar refractivity (Wildman–Crippen MR) is 99.8 cm³/mol. The Bertz CT molecular complexity index is 612. The maximum absolute atomic E-state index is 12.8. The highest BCUT2D eigenvalue weighted by Gasteiger charge is 2.46. The van der Waals surface area contributed by atoms with Gasteiger partial charge in [0, 0.05) is 7.05 Å². The van der Waals surface area contributed by atoms with Gasteiger partial charge in [0.05, 0.1) is 15.6 Å². The zero-order valence-corrected chi connectivity index (χ0v) is 16.7. The van der Waals surface area contributed by atoms with Gasteiger partial charge in [0.15, 0.2) is 0 Å². The van der Waals surface area contributed by atoms with E-state index in [1.165, 1.54) is 6.42 Å². The van der Waals surface area contributed by atoms with Gasteiger partial charge in [0.2, 0.25) is 0 Å². The first kappa shape index (κ1) is 19.4. The zero-order valence-electron chi connectivity index (χ0n) is 15.2. The van der Waals surface area contributed by atoms with E-state index >= 15 is 0 Å². The van der Waals surface area contributed by atoms with E-state index in [0.29, 0.717) is 16.0 Å². The average molecular weight is 372 g/mol. The predicted octanol–water partition coefficient (Wildman–Crippen LogP) is 6.27. The molecule has 0 aromatic heterocycles. The van der Waals surface area contributed by atoms with Crippen molar-refractivity contribution < 1.29 is 9.53 Å². The summed E-state index contributed by atoms with van der Waals surface area (Å²) >= 11 is 12.4. The molecule has 1 fully saturated rings. The summed E-state index contributed by atoms with van der Waals surface area (Å²) in [5.41, 5.74) is 0.0779. The zero-order chi connectivity index (χ0) is 18.1. The molecule has 5 heteroatoms. The number of amides is 1. The molecule has 2 rings (SSSR count). The number of carbonyl (C=O) groups excluding carboxylic acids is 1. The van der Waals surface area contributed by atoms with Crippen LogP contribution in [0.2, 0.25) is 10.0 Å². The van der Waals surface area contributed by atoms with Crippen molar-refractivity contribution in [2.24, 2.45) is 5.92 Å². The highest BCUT2D eigenvalue weighted by molar-refractivity contribution is 6.42. The number of rotatable bonds is 2. The van der Waals surface area contributed by atoms with E-state index in [0.717, 1.165) is 24.8 Å². The Morgan fingerprint density at radius 1 is 1.25 bits per heavy atom. The summed E-state index contributed by atoms with van der Waals surface area (Å²) in [6.45, 7) is 7.85. The molecule has 1 amide bonds. The highest BCUT2D eigenvalue weighted by atomic mass is 35.5. The van der Waals surface area contributed by atoms with E-state index < -0.39 is 11.1 Å². The number of hydrogen-bond acceptors (Lipinski definition) is 2. The number of nitrogens with zero attached hydrogens (tertiary/aromatic N) is 1. The lowest BCUT2D eigenvalue weighted by Crippen LogP contribution is -2.53. The van der Waals surface area contributed by atoms with Crippen molar-refractivity contribution in [3.05, 3.63) is 33.8 Å². The molecule has 1 aliphatic carbocycles. The number of ether oxygens (including phenoxy) is 1. The van der Waals surface area contributed by atoms with Crippen molar-refractivity contribution in [2.45, 2.75) is 64.5 Å². The first-order valence-corrected chi connectivity index (χ1v) is 9.26. The Morgan fingerprint density at radius 2 is 1.92 bits per heavy atom. The van der Waals surface area contributed by atoms with E-state index in [1.54, 1.807) is 4.90 Å². The van der Waals surface area contributed by atoms with Gasteiger partial charge in [-0.2, -0.15) is 0 Å². The standard InChI is InChI=1S/C19H27Cl2NO2/c1-13-8-6-7-11-19(13,14-9-10-15(20)16(21)12-14)22(5)17(23)24-18(2,3)4/h9-10,12-13H,6-8,11H2,1-5H3. The number of carbonyl (C=O) groups is 1. The summed E-state index contributed by atoms with van der Waals surface area (Å²) in [5.74, 6) is 0.306. The number of benzene rings is 1. The second kappa shape index (κ2) is 7.13. The normalized spacial score (nSPS) is 24.5. The molecule has 2 unspecified atom stereocenters. The van der Waals surface area contributed by atoms with E-state index in [9.17, 15) is 4.79 Å². The minimum absolute atomic E-state index is 0.303. The van der Waals surface area contributed by atoms with Gasteiger partial charge in [-0.15, -0.1) is 0 Å². The molecule has 0 bridgehead atoms. The second-order valence-corrected chi connectivity index (χ2v) is 8.55. The minimum atomic E-state index is -0.526. The van der Waals surface area contributed by atoms with Gasteiger partial charge in [0.25, 0.3) is 0 Å². The van der Waals surface area contributed by atoms with E-state index in [2.05, 4.69) is 6.92 Å². The lowest BCUT2D eigenvalue weighted by atomic mass is 9.69. The fourth-order valence-corrected chi connectivity index (χ4v) is 4.01. The molecular formula is C19H27Cl2NO2. The molecule has 1 aliphatic rings. The number of hydrogen-bond donors (Lipinski definition) is 0. The first-order chi connectivity index (χ1) is 11.1. The third-order valence-electron chi connectivity index (χ3n) is 4.95. The third-order valence-corrected chi connectivity index (χ3v) is 5.68. The van der Waals surface area contributed by atoms with Crippen LogP contribution in [-0.2, 0) is 10.3 Å². The molecule has 0 heterocycles. The van der Waals surface area contributed by atoms with Crippen LogP contribution in [0.1, 0.15) is 58.9 Å². The SMILES string of the molecule is CC1CCCCC1(c1ccc(Cl)c(Cl)c1)N(C)C(=O)OC(C)(C)C. The first-order valence-electron chi connectivity index (χ1n) is 8.50. The minimum Gasteiger partial charge on any atom is -0.444 e. The Balaban J connectivity index is 2.47. The topological polar surface area (TPSA) is 29.5 Å². The molecular weight excluding hydrogens is 345 g/mol. The van der Waals surface area contributed by atoms with Crippen LogP contribution in [0.3, 0.4) is 0 Å². The summed E-state index contributed by atoms with van der Waals surface area (Å²) in [4.78, 5) is 14.5. The van der Waals surface area contributed by atoms with Gasteiger partial charge in [-0.05, 0) is 57.2 Å². The van der Waals surface area contributed by atoms with Crippen molar-refractivity contribution in [3.8, 4) is 0 Å². The molecule has 3 nitrogen and oxygen atoms in total. The third kappa shape index (κ3) is 3.83. The Hall–Kier alpha value is -0.930. The fraction of sp³-hybridized carbons (Fsp3) is 0.632. The lowest BCUT2D eigenvalue weighted by Gasteiger charge is -2.49. The fourth-order valence-electron chi connectivity index (χ4n) is 3.71. The van der Waals surface area contributed by atoms with Gasteiger partial charge in [-0.25, -0.2) is 4.79 Å². The van der Waals surface area contributed by atoms with Crippen molar-refractivity contribution >= 4 is 29.3 Å². The summed E-state index contributed by atoms with van der Waals surface area (Å²) in [5, 5.41) is 1.04. The van der Waals surface area contributed by atoms with Crippen LogP contribution in [0.25, 0.3) is 0 Å². The van der Waals surface area contributed by atoms with Crippen LogP contribution in [0.15, 0.2) is 18.2 Å². The molecule has 134 valence electrons. The monoisotopic (exact) mass is 371 g/mol. The van der Waals surface area contributed by atoms with Crippen LogP contribution in [-0.4, -0.2) is 23.6 Å². The molecule has 0 spiro atoms. The smallest absolute Gasteiger partial charge is 0.410 e. The quantitative estimate of drug-likeness (QED) is 0.613. The van der Waals surface area contributed by atoms with Gasteiger partial charge in [0.1, 0.15) is 5.60 Å². The van der Waals surface area contributed by atoms with Crippen molar-refractivity contribution in [1.29, 1.82) is 0 Å². The van der Waals surface area contributed by atoms with Gasteiger partial charge >= 0.3 is 6.09 Å². The summed E-state index contributed by atoms with van der Waals surface area (Å²) in [7, 11) is 1.83. The van der Waals surface area contributed by atoms with Crippen molar-refractivity contribution in [3.63, 3.8) is 0 Å².